The Balaban J connectivity index is 1.02. The van der Waals surface area contributed by atoms with Gasteiger partial charge >= 0.3 is 0 Å². The first-order valence-corrected chi connectivity index (χ1v) is 20.0. The van der Waals surface area contributed by atoms with Crippen LogP contribution in [0.1, 0.15) is 0 Å². The van der Waals surface area contributed by atoms with Crippen molar-refractivity contribution in [1.82, 2.24) is 0 Å². The molecule has 10 aromatic carbocycles. The van der Waals surface area contributed by atoms with Gasteiger partial charge in [-0.3, -0.25) is 0 Å². The van der Waals surface area contributed by atoms with E-state index in [-0.39, 0.29) is 0 Å². The van der Waals surface area contributed by atoms with E-state index in [9.17, 15) is 0 Å². The predicted octanol–water partition coefficient (Wildman–Crippen LogP) is 16.1. The molecular formula is C54H32OS. The highest BCUT2D eigenvalue weighted by Crippen LogP contribution is 2.47. The molecular weight excluding hydrogens is 697 g/mol. The van der Waals surface area contributed by atoms with Gasteiger partial charge in [0, 0.05) is 30.9 Å². The Bertz CT molecular complexity index is 3460. The Kier molecular flexibility index (Phi) is 6.87. The van der Waals surface area contributed by atoms with Crippen molar-refractivity contribution in [2.45, 2.75) is 0 Å². The zero-order valence-corrected chi connectivity index (χ0v) is 31.1. The molecule has 260 valence electrons. The van der Waals surface area contributed by atoms with Crippen molar-refractivity contribution in [2.24, 2.45) is 0 Å². The van der Waals surface area contributed by atoms with E-state index < -0.39 is 0 Å². The lowest BCUT2D eigenvalue weighted by molar-refractivity contribution is 0.669. The third-order valence-electron chi connectivity index (χ3n) is 11.7. The summed E-state index contributed by atoms with van der Waals surface area (Å²) in [6.45, 7) is 0. The van der Waals surface area contributed by atoms with E-state index in [1.165, 1.54) is 102 Å². The van der Waals surface area contributed by atoms with Crippen LogP contribution < -0.4 is 0 Å². The number of para-hydroxylation sites is 1. The van der Waals surface area contributed by atoms with Crippen LogP contribution in [0.5, 0.6) is 0 Å². The highest BCUT2D eigenvalue weighted by molar-refractivity contribution is 7.26. The van der Waals surface area contributed by atoms with E-state index >= 15 is 0 Å². The Morgan fingerprint density at radius 1 is 0.286 bits per heavy atom. The molecule has 12 rings (SSSR count). The molecule has 0 atom stereocenters. The summed E-state index contributed by atoms with van der Waals surface area (Å²) in [5.41, 5.74) is 11.8. The van der Waals surface area contributed by atoms with Gasteiger partial charge in [0.15, 0.2) is 0 Å². The van der Waals surface area contributed by atoms with E-state index in [1.807, 2.05) is 17.4 Å². The van der Waals surface area contributed by atoms with Gasteiger partial charge in [-0.2, -0.15) is 0 Å². The number of fused-ring (bicyclic) bond motifs is 10. The van der Waals surface area contributed by atoms with Gasteiger partial charge in [0.1, 0.15) is 11.2 Å². The molecule has 56 heavy (non-hydrogen) atoms. The zero-order valence-electron chi connectivity index (χ0n) is 30.3. The minimum absolute atomic E-state index is 0.936. The first kappa shape index (κ1) is 31.4. The highest BCUT2D eigenvalue weighted by atomic mass is 32.1. The molecule has 0 unspecified atom stereocenters. The van der Waals surface area contributed by atoms with Gasteiger partial charge in [-0.1, -0.05) is 164 Å². The maximum Gasteiger partial charge on any atom is 0.136 e. The van der Waals surface area contributed by atoms with Crippen molar-refractivity contribution in [1.29, 1.82) is 0 Å². The molecule has 0 saturated heterocycles. The van der Waals surface area contributed by atoms with E-state index in [0.717, 1.165) is 16.6 Å². The summed E-state index contributed by atoms with van der Waals surface area (Å²) in [6, 6.07) is 71.0. The number of hydrogen-bond donors (Lipinski definition) is 0. The van der Waals surface area contributed by atoms with Gasteiger partial charge in [-0.25, -0.2) is 0 Å². The molecule has 0 aliphatic carbocycles. The van der Waals surface area contributed by atoms with Crippen molar-refractivity contribution < 1.29 is 4.42 Å². The van der Waals surface area contributed by atoms with Gasteiger partial charge in [-0.15, -0.1) is 11.3 Å². The van der Waals surface area contributed by atoms with Crippen LogP contribution >= 0.6 is 11.3 Å². The second-order valence-corrected chi connectivity index (χ2v) is 15.8. The van der Waals surface area contributed by atoms with E-state index in [1.54, 1.807) is 0 Å². The summed E-state index contributed by atoms with van der Waals surface area (Å²) in [5, 5.41) is 12.5. The van der Waals surface area contributed by atoms with Crippen LogP contribution in [0, 0.1) is 0 Å². The SMILES string of the molecule is c1ccc(-c2cccc(-c3c4ccccc4c(-c4ccc(-c5cc6sc7cc8oc9ccccc9c8cc7c6c6ccccc56)cc4)c4ccccc34)c2)cc1. The predicted molar refractivity (Wildman–Crippen MR) is 241 cm³/mol. The lowest BCUT2D eigenvalue weighted by Crippen LogP contribution is -1.91. The molecule has 0 spiro atoms. The van der Waals surface area contributed by atoms with Gasteiger partial charge in [0.2, 0.25) is 0 Å². The van der Waals surface area contributed by atoms with E-state index in [2.05, 4.69) is 188 Å². The molecule has 0 radical (unpaired) electrons. The molecule has 2 heteroatoms. The number of rotatable bonds is 4. The molecule has 2 aromatic heterocycles. The molecule has 0 aliphatic heterocycles. The lowest BCUT2D eigenvalue weighted by atomic mass is 9.85. The molecule has 12 aromatic rings. The van der Waals surface area contributed by atoms with Crippen LogP contribution in [-0.2, 0) is 0 Å². The van der Waals surface area contributed by atoms with E-state index in [4.69, 9.17) is 4.42 Å². The second kappa shape index (κ2) is 12.3. The summed E-state index contributed by atoms with van der Waals surface area (Å²) in [7, 11) is 0. The Morgan fingerprint density at radius 2 is 0.839 bits per heavy atom. The summed E-state index contributed by atoms with van der Waals surface area (Å²) in [6.07, 6.45) is 0. The topological polar surface area (TPSA) is 13.1 Å². The molecule has 0 bridgehead atoms. The maximum atomic E-state index is 6.30. The van der Waals surface area contributed by atoms with E-state index in [0.29, 0.717) is 0 Å². The monoisotopic (exact) mass is 728 g/mol. The van der Waals surface area contributed by atoms with Crippen molar-refractivity contribution in [3.8, 4) is 44.5 Å². The zero-order chi connectivity index (χ0) is 36.7. The van der Waals surface area contributed by atoms with Crippen molar-refractivity contribution in [3.63, 3.8) is 0 Å². The molecule has 0 fully saturated rings. The minimum Gasteiger partial charge on any atom is -0.456 e. The van der Waals surface area contributed by atoms with Gasteiger partial charge in [0.05, 0.1) is 0 Å². The van der Waals surface area contributed by atoms with Crippen LogP contribution in [0.2, 0.25) is 0 Å². The standard InChI is InChI=1S/C54H32OS/c1-2-13-33(14-3-1)36-15-12-16-37(29-36)53-43-22-8-6-20-41(43)52(42-21-7-9-23-44(42)53)35-27-25-34(26-28-35)45-31-51-54(40-19-5-4-17-38(40)45)47-30-46-39-18-10-11-24-48(39)55-49(46)32-50(47)56-51/h1-32H. The van der Waals surface area contributed by atoms with Gasteiger partial charge in [-0.05, 0) is 107 Å². The first-order valence-electron chi connectivity index (χ1n) is 19.2. The summed E-state index contributed by atoms with van der Waals surface area (Å²) >= 11 is 1.85. The van der Waals surface area contributed by atoms with Gasteiger partial charge in [0.25, 0.3) is 0 Å². The maximum absolute atomic E-state index is 6.30. The number of benzene rings is 10. The fraction of sp³-hybridized carbons (Fsp3) is 0. The molecule has 0 saturated carbocycles. The van der Waals surface area contributed by atoms with Crippen molar-refractivity contribution in [2.75, 3.05) is 0 Å². The van der Waals surface area contributed by atoms with Crippen LogP contribution in [0.3, 0.4) is 0 Å². The number of thiophene rings is 1. The van der Waals surface area contributed by atoms with Crippen LogP contribution in [0.25, 0.3) is 119 Å². The highest BCUT2D eigenvalue weighted by Gasteiger charge is 2.19. The summed E-state index contributed by atoms with van der Waals surface area (Å²) in [4.78, 5) is 0. The molecule has 2 heterocycles. The minimum atomic E-state index is 0.936. The van der Waals surface area contributed by atoms with Crippen LogP contribution in [0.15, 0.2) is 199 Å². The molecule has 0 aliphatic rings. The Labute approximate surface area is 327 Å². The number of hydrogen-bond acceptors (Lipinski definition) is 2. The third kappa shape index (κ3) is 4.73. The summed E-state index contributed by atoms with van der Waals surface area (Å²) in [5.74, 6) is 0. The average Bonchev–Trinajstić information content (AvgIpc) is 3.82. The Morgan fingerprint density at radius 3 is 1.55 bits per heavy atom. The third-order valence-corrected chi connectivity index (χ3v) is 12.8. The lowest BCUT2D eigenvalue weighted by Gasteiger charge is -2.18. The van der Waals surface area contributed by atoms with Crippen molar-refractivity contribution >= 4 is 85.8 Å². The quantitative estimate of drug-likeness (QED) is 0.165. The molecule has 0 N–H and O–H groups in total. The fourth-order valence-corrected chi connectivity index (χ4v) is 10.3. The van der Waals surface area contributed by atoms with Crippen molar-refractivity contribution in [3.05, 3.63) is 194 Å². The second-order valence-electron chi connectivity index (χ2n) is 14.8. The van der Waals surface area contributed by atoms with Gasteiger partial charge < -0.3 is 4.42 Å². The first-order chi connectivity index (χ1) is 27.8. The Hall–Kier alpha value is -7.00. The average molecular weight is 729 g/mol. The summed E-state index contributed by atoms with van der Waals surface area (Å²) < 4.78 is 8.83. The fourth-order valence-electron chi connectivity index (χ4n) is 9.15. The number of furan rings is 1. The smallest absolute Gasteiger partial charge is 0.136 e. The normalized spacial score (nSPS) is 11.9. The van der Waals surface area contributed by atoms with Crippen LogP contribution in [-0.4, -0.2) is 0 Å². The molecule has 0 amide bonds. The van der Waals surface area contributed by atoms with Crippen LogP contribution in [0.4, 0.5) is 0 Å². The molecule has 1 nitrogen and oxygen atoms in total. The largest absolute Gasteiger partial charge is 0.456 e.